The Morgan fingerprint density at radius 2 is 2.10 bits per heavy atom. The SMILES string of the molecule is CCC(=O)c1cccc(S(=O)(=O)N2CCC(N(C)C)C2)c1. The molecule has 21 heavy (non-hydrogen) atoms. The van der Waals surface area contributed by atoms with Gasteiger partial charge >= 0.3 is 0 Å². The van der Waals surface area contributed by atoms with Crippen molar-refractivity contribution in [3.8, 4) is 0 Å². The van der Waals surface area contributed by atoms with E-state index >= 15 is 0 Å². The Morgan fingerprint density at radius 3 is 2.67 bits per heavy atom. The molecule has 0 aromatic heterocycles. The second-order valence-corrected chi connectivity index (χ2v) is 7.51. The van der Waals surface area contributed by atoms with E-state index in [-0.39, 0.29) is 16.7 Å². The fourth-order valence-electron chi connectivity index (χ4n) is 2.53. The third-order valence-corrected chi connectivity index (χ3v) is 5.83. The van der Waals surface area contributed by atoms with E-state index in [0.717, 1.165) is 6.42 Å². The molecule has 1 heterocycles. The smallest absolute Gasteiger partial charge is 0.243 e. The van der Waals surface area contributed by atoms with E-state index in [2.05, 4.69) is 0 Å². The Morgan fingerprint density at radius 1 is 1.38 bits per heavy atom. The van der Waals surface area contributed by atoms with Gasteiger partial charge in [-0.15, -0.1) is 0 Å². The van der Waals surface area contributed by atoms with Crippen molar-refractivity contribution in [3.05, 3.63) is 29.8 Å². The molecule has 0 spiro atoms. The van der Waals surface area contributed by atoms with Crippen molar-refractivity contribution in [2.24, 2.45) is 0 Å². The highest BCUT2D eigenvalue weighted by Gasteiger charge is 2.33. The molecule has 0 bridgehead atoms. The van der Waals surface area contributed by atoms with Crippen LogP contribution in [0.4, 0.5) is 0 Å². The normalized spacial score (nSPS) is 20.1. The lowest BCUT2D eigenvalue weighted by atomic mass is 10.1. The van der Waals surface area contributed by atoms with E-state index in [1.807, 2.05) is 19.0 Å². The standard InChI is InChI=1S/C15H22N2O3S/c1-4-15(18)12-6-5-7-14(10-12)21(19,20)17-9-8-13(11-17)16(2)3/h5-7,10,13H,4,8-9,11H2,1-3H3. The second kappa shape index (κ2) is 6.25. The molecule has 0 radical (unpaired) electrons. The quantitative estimate of drug-likeness (QED) is 0.775. The third kappa shape index (κ3) is 3.33. The van der Waals surface area contributed by atoms with Crippen LogP contribution >= 0.6 is 0 Å². The van der Waals surface area contributed by atoms with Gasteiger partial charge in [-0.05, 0) is 32.6 Å². The topological polar surface area (TPSA) is 57.7 Å². The van der Waals surface area contributed by atoms with E-state index in [0.29, 0.717) is 25.1 Å². The minimum Gasteiger partial charge on any atom is -0.305 e. The lowest BCUT2D eigenvalue weighted by molar-refractivity contribution is 0.0988. The van der Waals surface area contributed by atoms with Crippen molar-refractivity contribution in [2.45, 2.75) is 30.7 Å². The molecule has 116 valence electrons. The first-order valence-electron chi connectivity index (χ1n) is 7.16. The van der Waals surface area contributed by atoms with Crippen LogP contribution in [0.1, 0.15) is 30.1 Å². The minimum absolute atomic E-state index is 0.0420. The summed E-state index contributed by atoms with van der Waals surface area (Å²) in [5.74, 6) is -0.0420. The van der Waals surface area contributed by atoms with Crippen LogP contribution < -0.4 is 0 Å². The van der Waals surface area contributed by atoms with Crippen LogP contribution in [0.15, 0.2) is 29.2 Å². The van der Waals surface area contributed by atoms with Crippen molar-refractivity contribution in [3.63, 3.8) is 0 Å². The largest absolute Gasteiger partial charge is 0.305 e. The summed E-state index contributed by atoms with van der Waals surface area (Å²) >= 11 is 0. The second-order valence-electron chi connectivity index (χ2n) is 5.57. The minimum atomic E-state index is -3.51. The Bertz CT molecular complexity index is 626. The summed E-state index contributed by atoms with van der Waals surface area (Å²) in [4.78, 5) is 14.0. The molecular weight excluding hydrogens is 288 g/mol. The third-order valence-electron chi connectivity index (χ3n) is 3.97. The Kier molecular flexibility index (Phi) is 4.81. The monoisotopic (exact) mass is 310 g/mol. The molecule has 1 aliphatic rings. The summed E-state index contributed by atoms with van der Waals surface area (Å²) in [6.45, 7) is 2.80. The molecule has 1 aromatic carbocycles. The molecule has 0 N–H and O–H groups in total. The van der Waals surface area contributed by atoms with Crippen LogP contribution in [-0.4, -0.2) is 56.6 Å². The van der Waals surface area contributed by atoms with E-state index in [9.17, 15) is 13.2 Å². The number of likely N-dealkylation sites (N-methyl/N-ethyl adjacent to an activating group) is 1. The zero-order valence-corrected chi connectivity index (χ0v) is 13.6. The van der Waals surface area contributed by atoms with Gasteiger partial charge in [-0.2, -0.15) is 4.31 Å². The van der Waals surface area contributed by atoms with E-state index in [1.165, 1.54) is 10.4 Å². The summed E-state index contributed by atoms with van der Waals surface area (Å²) in [5.41, 5.74) is 0.460. The number of benzene rings is 1. The van der Waals surface area contributed by atoms with Gasteiger partial charge < -0.3 is 4.90 Å². The Hall–Kier alpha value is -1.24. The van der Waals surface area contributed by atoms with E-state index in [4.69, 9.17) is 0 Å². The summed E-state index contributed by atoms with van der Waals surface area (Å²) in [7, 11) is 0.404. The number of rotatable bonds is 5. The van der Waals surface area contributed by atoms with Crippen molar-refractivity contribution in [1.82, 2.24) is 9.21 Å². The van der Waals surface area contributed by atoms with Gasteiger partial charge in [-0.3, -0.25) is 4.79 Å². The van der Waals surface area contributed by atoms with Crippen LogP contribution in [-0.2, 0) is 10.0 Å². The van der Waals surface area contributed by atoms with Crippen LogP contribution in [0.2, 0.25) is 0 Å². The number of carbonyl (C=O) groups excluding carboxylic acids is 1. The number of Topliss-reactive ketones (excluding diaryl/α,β-unsaturated/α-hetero) is 1. The zero-order chi connectivity index (χ0) is 15.6. The molecule has 6 heteroatoms. The van der Waals surface area contributed by atoms with Gasteiger partial charge in [0.1, 0.15) is 0 Å². The van der Waals surface area contributed by atoms with Crippen LogP contribution in [0.25, 0.3) is 0 Å². The Balaban J connectivity index is 2.26. The maximum absolute atomic E-state index is 12.7. The fourth-order valence-corrected chi connectivity index (χ4v) is 4.07. The first-order chi connectivity index (χ1) is 9.86. The number of nitrogens with zero attached hydrogens (tertiary/aromatic N) is 2. The zero-order valence-electron chi connectivity index (χ0n) is 12.7. The van der Waals surface area contributed by atoms with Crippen LogP contribution in [0, 0.1) is 0 Å². The average molecular weight is 310 g/mol. The lowest BCUT2D eigenvalue weighted by Crippen LogP contribution is -2.34. The van der Waals surface area contributed by atoms with E-state index < -0.39 is 10.0 Å². The first kappa shape index (κ1) is 16.1. The summed E-state index contributed by atoms with van der Waals surface area (Å²) in [6, 6.07) is 6.60. The van der Waals surface area contributed by atoms with Crippen molar-refractivity contribution in [1.29, 1.82) is 0 Å². The lowest BCUT2D eigenvalue weighted by Gasteiger charge is -2.20. The predicted molar refractivity (Wildman–Crippen MR) is 81.9 cm³/mol. The highest BCUT2D eigenvalue weighted by molar-refractivity contribution is 7.89. The molecule has 0 amide bonds. The van der Waals surface area contributed by atoms with Gasteiger partial charge in [0, 0.05) is 31.1 Å². The van der Waals surface area contributed by atoms with Crippen molar-refractivity contribution < 1.29 is 13.2 Å². The number of hydrogen-bond donors (Lipinski definition) is 0. The number of sulfonamides is 1. The van der Waals surface area contributed by atoms with Crippen LogP contribution in [0.3, 0.4) is 0 Å². The summed E-state index contributed by atoms with van der Waals surface area (Å²) < 4.78 is 26.8. The number of hydrogen-bond acceptors (Lipinski definition) is 4. The molecule has 0 saturated carbocycles. The molecule has 1 fully saturated rings. The van der Waals surface area contributed by atoms with Gasteiger partial charge in [-0.1, -0.05) is 19.1 Å². The van der Waals surface area contributed by atoms with Crippen LogP contribution in [0.5, 0.6) is 0 Å². The highest BCUT2D eigenvalue weighted by atomic mass is 32.2. The fraction of sp³-hybridized carbons (Fsp3) is 0.533. The average Bonchev–Trinajstić information content (AvgIpc) is 2.97. The first-order valence-corrected chi connectivity index (χ1v) is 8.60. The molecule has 0 aliphatic carbocycles. The van der Waals surface area contributed by atoms with Crippen molar-refractivity contribution in [2.75, 3.05) is 27.2 Å². The molecule has 5 nitrogen and oxygen atoms in total. The van der Waals surface area contributed by atoms with Gasteiger partial charge in [0.05, 0.1) is 4.90 Å². The van der Waals surface area contributed by atoms with E-state index in [1.54, 1.807) is 25.1 Å². The van der Waals surface area contributed by atoms with Gasteiger partial charge in [-0.25, -0.2) is 8.42 Å². The molecule has 1 atom stereocenters. The Labute approximate surface area is 126 Å². The number of ketones is 1. The highest BCUT2D eigenvalue weighted by Crippen LogP contribution is 2.23. The maximum atomic E-state index is 12.7. The number of carbonyl (C=O) groups is 1. The maximum Gasteiger partial charge on any atom is 0.243 e. The molecule has 1 aromatic rings. The molecule has 1 unspecified atom stereocenters. The summed E-state index contributed by atoms with van der Waals surface area (Å²) in [6.07, 6.45) is 1.20. The van der Waals surface area contributed by atoms with Gasteiger partial charge in [0.25, 0.3) is 0 Å². The predicted octanol–water partition coefficient (Wildman–Crippen LogP) is 1.60. The summed E-state index contributed by atoms with van der Waals surface area (Å²) in [5, 5.41) is 0. The molecule has 1 aliphatic heterocycles. The van der Waals surface area contributed by atoms with Gasteiger partial charge in [0.2, 0.25) is 10.0 Å². The molecule has 2 rings (SSSR count). The molecule has 1 saturated heterocycles. The molecular formula is C15H22N2O3S. The van der Waals surface area contributed by atoms with Gasteiger partial charge in [0.15, 0.2) is 5.78 Å². The van der Waals surface area contributed by atoms with Crippen molar-refractivity contribution >= 4 is 15.8 Å².